The van der Waals surface area contributed by atoms with E-state index in [0.717, 1.165) is 53.4 Å². The Kier molecular flexibility index (Phi) is 12.9. The number of Topliss-reactive ketones (excluding diaryl/α,β-unsaturated/α-hetero) is 1. The average molecular weight is 831 g/mol. The number of aryl methyl sites for hydroxylation is 1. The van der Waals surface area contributed by atoms with Crippen molar-refractivity contribution in [2.45, 2.75) is 90.5 Å². The monoisotopic (exact) mass is 830 g/mol. The number of nitriles is 1. The van der Waals surface area contributed by atoms with Gasteiger partial charge in [-0.15, -0.1) is 0 Å². The summed E-state index contributed by atoms with van der Waals surface area (Å²) in [6, 6.07) is 17.8. The van der Waals surface area contributed by atoms with Crippen LogP contribution in [0, 0.1) is 17.2 Å². The van der Waals surface area contributed by atoms with Gasteiger partial charge in [-0.25, -0.2) is 0 Å². The van der Waals surface area contributed by atoms with Gasteiger partial charge in [0, 0.05) is 56.7 Å². The first-order valence-electron chi connectivity index (χ1n) is 19.9. The number of ether oxygens (including phenoxy) is 1. The Bertz CT molecular complexity index is 2190. The quantitative estimate of drug-likeness (QED) is 0.157. The van der Waals surface area contributed by atoms with Crippen molar-refractivity contribution in [1.82, 2.24) is 15.1 Å². The highest BCUT2D eigenvalue weighted by Crippen LogP contribution is 2.40. The van der Waals surface area contributed by atoms with Gasteiger partial charge in [-0.3, -0.25) is 39.2 Å². The summed E-state index contributed by atoms with van der Waals surface area (Å²) >= 11 is 5.72. The summed E-state index contributed by atoms with van der Waals surface area (Å²) in [5, 5.41) is 11.7. The highest BCUT2D eigenvalue weighted by molar-refractivity contribution is 7.81. The number of rotatable bonds is 13. The van der Waals surface area contributed by atoms with Crippen LogP contribution < -0.4 is 19.9 Å². The molecule has 6 rings (SSSR count). The SMILES string of the molecule is CCc1cc(N2C(=S)N(c3ccc(C#N)c(C(F)(F)F)c3)C(=O)C2(C)C)ccc1OCCN1CCN([C@H](C)C(=O)Cc2cccc(CC3CCC(=O)NC3=O)c2)[C@H](C)C1. The summed E-state index contributed by atoms with van der Waals surface area (Å²) in [5.74, 6) is -0.421. The lowest BCUT2D eigenvalue weighted by atomic mass is 9.90. The topological polar surface area (TPSA) is 126 Å². The second-order valence-electron chi connectivity index (χ2n) is 16.0. The zero-order valence-corrected chi connectivity index (χ0v) is 34.7. The molecule has 3 atom stereocenters. The second kappa shape index (κ2) is 17.6. The molecule has 0 aliphatic carbocycles. The number of hydrogen-bond donors (Lipinski definition) is 1. The molecule has 0 bridgehead atoms. The zero-order valence-electron chi connectivity index (χ0n) is 33.9. The number of carbonyl (C=O) groups excluding carboxylic acids is 4. The van der Waals surface area contributed by atoms with Crippen LogP contribution in [0.4, 0.5) is 24.5 Å². The molecule has 3 saturated heterocycles. The second-order valence-corrected chi connectivity index (χ2v) is 16.4. The minimum absolute atomic E-state index is 0.0223. The summed E-state index contributed by atoms with van der Waals surface area (Å²) in [6.07, 6.45) is -2.50. The molecule has 11 nitrogen and oxygen atoms in total. The Hall–Kier alpha value is -5.17. The van der Waals surface area contributed by atoms with E-state index in [1.54, 1.807) is 30.9 Å². The number of thiocarbonyl (C=S) groups is 1. The maximum atomic E-state index is 13.8. The van der Waals surface area contributed by atoms with Gasteiger partial charge >= 0.3 is 6.18 Å². The molecule has 1 N–H and O–H groups in total. The van der Waals surface area contributed by atoms with Crippen LogP contribution in [0.25, 0.3) is 0 Å². The number of ketones is 1. The summed E-state index contributed by atoms with van der Waals surface area (Å²) in [5.41, 5.74) is 0.374. The lowest BCUT2D eigenvalue weighted by Crippen LogP contribution is -2.57. The molecule has 3 aromatic rings. The highest BCUT2D eigenvalue weighted by Gasteiger charge is 2.51. The van der Waals surface area contributed by atoms with E-state index in [1.165, 1.54) is 6.07 Å². The number of piperazine rings is 1. The van der Waals surface area contributed by atoms with Crippen LogP contribution >= 0.6 is 12.2 Å². The van der Waals surface area contributed by atoms with Crippen molar-refractivity contribution in [2.24, 2.45) is 5.92 Å². The van der Waals surface area contributed by atoms with Crippen LogP contribution in [0.5, 0.6) is 5.75 Å². The fourth-order valence-electron chi connectivity index (χ4n) is 8.31. The lowest BCUT2D eigenvalue weighted by molar-refractivity contribution is -0.138. The van der Waals surface area contributed by atoms with Gasteiger partial charge in [0.05, 0.1) is 28.9 Å². The molecule has 0 saturated carbocycles. The van der Waals surface area contributed by atoms with Crippen molar-refractivity contribution >= 4 is 52.2 Å². The average Bonchev–Trinajstić information content (AvgIpc) is 3.37. The van der Waals surface area contributed by atoms with Gasteiger partial charge in [0.1, 0.15) is 17.9 Å². The number of carbonyl (C=O) groups is 4. The lowest BCUT2D eigenvalue weighted by Gasteiger charge is -2.42. The van der Waals surface area contributed by atoms with E-state index in [4.69, 9.17) is 17.0 Å². The summed E-state index contributed by atoms with van der Waals surface area (Å²) in [6.45, 7) is 12.7. The zero-order chi connectivity index (χ0) is 42.8. The van der Waals surface area contributed by atoms with Crippen LogP contribution in [0.2, 0.25) is 0 Å². The molecule has 15 heteroatoms. The van der Waals surface area contributed by atoms with Crippen molar-refractivity contribution in [2.75, 3.05) is 42.6 Å². The first kappa shape index (κ1) is 43.4. The van der Waals surface area contributed by atoms with Crippen LogP contribution in [-0.4, -0.2) is 88.8 Å². The van der Waals surface area contributed by atoms with Crippen molar-refractivity contribution < 1.29 is 37.1 Å². The number of benzene rings is 3. The van der Waals surface area contributed by atoms with Gasteiger partial charge in [0.15, 0.2) is 10.9 Å². The van der Waals surface area contributed by atoms with Crippen molar-refractivity contribution in [3.05, 3.63) is 88.5 Å². The fourth-order valence-corrected chi connectivity index (χ4v) is 8.83. The number of nitrogens with zero attached hydrogens (tertiary/aromatic N) is 5. The predicted octanol–water partition coefficient (Wildman–Crippen LogP) is 6.24. The smallest absolute Gasteiger partial charge is 0.417 e. The highest BCUT2D eigenvalue weighted by atomic mass is 32.1. The Morgan fingerprint density at radius 3 is 2.46 bits per heavy atom. The number of hydrogen-bond acceptors (Lipinski definition) is 9. The first-order chi connectivity index (χ1) is 27.9. The van der Waals surface area contributed by atoms with Gasteiger partial charge in [-0.1, -0.05) is 31.2 Å². The van der Waals surface area contributed by atoms with Crippen LogP contribution in [-0.2, 0) is 44.6 Å². The molecule has 3 heterocycles. The molecule has 59 heavy (non-hydrogen) atoms. The van der Waals surface area contributed by atoms with E-state index in [9.17, 15) is 37.6 Å². The maximum absolute atomic E-state index is 13.8. The number of piperidine rings is 1. The summed E-state index contributed by atoms with van der Waals surface area (Å²) in [7, 11) is 0. The predicted molar refractivity (Wildman–Crippen MR) is 221 cm³/mol. The maximum Gasteiger partial charge on any atom is 0.417 e. The Labute approximate surface area is 348 Å². The van der Waals surface area contributed by atoms with Crippen molar-refractivity contribution in [3.63, 3.8) is 0 Å². The molecular weight excluding hydrogens is 782 g/mol. The molecular formula is C44H49F3N6O5S. The van der Waals surface area contributed by atoms with Crippen LogP contribution in [0.15, 0.2) is 60.7 Å². The molecule has 0 aromatic heterocycles. The minimum atomic E-state index is -4.79. The molecule has 1 unspecified atom stereocenters. The largest absolute Gasteiger partial charge is 0.492 e. The van der Waals surface area contributed by atoms with E-state index < -0.39 is 28.7 Å². The number of nitrogens with one attached hydrogen (secondary N) is 1. The molecule has 3 fully saturated rings. The normalized spacial score (nSPS) is 20.7. The first-order valence-corrected chi connectivity index (χ1v) is 20.3. The van der Waals surface area contributed by atoms with Gasteiger partial charge < -0.3 is 9.64 Å². The molecule has 3 amide bonds. The van der Waals surface area contributed by atoms with E-state index in [2.05, 4.69) is 22.0 Å². The summed E-state index contributed by atoms with van der Waals surface area (Å²) in [4.78, 5) is 58.3. The van der Waals surface area contributed by atoms with Gasteiger partial charge in [0.25, 0.3) is 5.91 Å². The van der Waals surface area contributed by atoms with Crippen LogP contribution in [0.3, 0.4) is 0 Å². The van der Waals surface area contributed by atoms with E-state index in [-0.39, 0.29) is 46.4 Å². The Morgan fingerprint density at radius 1 is 1.05 bits per heavy atom. The Morgan fingerprint density at radius 2 is 1.78 bits per heavy atom. The van der Waals surface area contributed by atoms with E-state index >= 15 is 0 Å². The van der Waals surface area contributed by atoms with E-state index in [0.29, 0.717) is 56.7 Å². The molecule has 3 aromatic carbocycles. The third kappa shape index (κ3) is 9.35. The van der Waals surface area contributed by atoms with Crippen molar-refractivity contribution in [1.29, 1.82) is 5.26 Å². The number of amides is 3. The third-order valence-corrected chi connectivity index (χ3v) is 12.0. The van der Waals surface area contributed by atoms with Crippen molar-refractivity contribution in [3.8, 4) is 11.8 Å². The Balaban J connectivity index is 1.03. The molecule has 0 radical (unpaired) electrons. The van der Waals surface area contributed by atoms with E-state index in [1.807, 2.05) is 50.2 Å². The number of halogens is 3. The fraction of sp³-hybridized carbons (Fsp3) is 0.455. The molecule has 3 aliphatic rings. The molecule has 0 spiro atoms. The minimum Gasteiger partial charge on any atom is -0.492 e. The standard InChI is InChI=1S/C44H49F3N6O5S/c1-6-31-23-35(53-42(59)52(41(57)43(53,4)5)34-12-10-33(25-48)36(24-34)44(45,46)47)13-14-38(31)58-19-18-50-16-17-51(27(2)26-50)28(3)37(54)22-30-9-7-8-29(20-30)21-32-11-15-39(55)49-40(32)56/h7-10,12-14,20,23-24,27-28,32H,6,11,15-19,21-22,26H2,1-5H3,(H,49,55,56)/t27-,28-,32?/m1/s1. The van der Waals surface area contributed by atoms with Gasteiger partial charge in [0.2, 0.25) is 11.8 Å². The number of imide groups is 1. The third-order valence-electron chi connectivity index (χ3n) is 11.6. The number of alkyl halides is 3. The van der Waals surface area contributed by atoms with Crippen LogP contribution in [0.1, 0.15) is 75.3 Å². The number of anilines is 2. The summed E-state index contributed by atoms with van der Waals surface area (Å²) < 4.78 is 47.6. The molecule has 312 valence electrons. The molecule has 3 aliphatic heterocycles. The van der Waals surface area contributed by atoms with Gasteiger partial charge in [-0.2, -0.15) is 18.4 Å². The van der Waals surface area contributed by atoms with Gasteiger partial charge in [-0.05, 0) is 112 Å².